The zero-order chi connectivity index (χ0) is 17.6. The van der Waals surface area contributed by atoms with Crippen LogP contribution < -0.4 is 10.2 Å². The van der Waals surface area contributed by atoms with E-state index in [1.54, 1.807) is 23.7 Å². The molecule has 0 saturated carbocycles. The Morgan fingerprint density at radius 3 is 2.64 bits per heavy atom. The first-order valence-electron chi connectivity index (χ1n) is 8.55. The number of hydrogen-bond acceptors (Lipinski definition) is 7. The van der Waals surface area contributed by atoms with Gasteiger partial charge in [0.1, 0.15) is 0 Å². The Morgan fingerprint density at radius 2 is 2.00 bits per heavy atom. The van der Waals surface area contributed by atoms with Crippen molar-refractivity contribution in [2.75, 3.05) is 44.2 Å². The van der Waals surface area contributed by atoms with Crippen LogP contribution in [0.15, 0.2) is 23.8 Å². The van der Waals surface area contributed by atoms with Crippen LogP contribution in [0, 0.1) is 6.92 Å². The molecule has 1 aliphatic heterocycles. The lowest BCUT2D eigenvalue weighted by molar-refractivity contribution is -0.122. The van der Waals surface area contributed by atoms with E-state index in [0.717, 1.165) is 42.8 Å². The predicted molar refractivity (Wildman–Crippen MR) is 99.0 cm³/mol. The third-order valence-electron chi connectivity index (χ3n) is 4.24. The Labute approximate surface area is 152 Å². The summed E-state index contributed by atoms with van der Waals surface area (Å²) in [5, 5.41) is 6.15. The Morgan fingerprint density at radius 1 is 1.28 bits per heavy atom. The quantitative estimate of drug-likeness (QED) is 0.837. The summed E-state index contributed by atoms with van der Waals surface area (Å²) in [5.74, 6) is 1.08. The lowest BCUT2D eigenvalue weighted by Gasteiger charge is -2.34. The van der Waals surface area contributed by atoms with Gasteiger partial charge in [-0.1, -0.05) is 6.92 Å². The molecule has 7 nitrogen and oxygen atoms in total. The van der Waals surface area contributed by atoms with Crippen LogP contribution in [0.25, 0.3) is 0 Å². The number of carbonyl (C=O) groups is 1. The van der Waals surface area contributed by atoms with Crippen LogP contribution in [-0.2, 0) is 4.79 Å². The van der Waals surface area contributed by atoms with Crippen LogP contribution in [0.4, 0.5) is 5.95 Å². The van der Waals surface area contributed by atoms with Crippen molar-refractivity contribution in [3.05, 3.63) is 34.5 Å². The van der Waals surface area contributed by atoms with Crippen molar-refractivity contribution in [2.45, 2.75) is 19.8 Å². The highest BCUT2D eigenvalue weighted by Gasteiger charge is 2.20. The van der Waals surface area contributed by atoms with Crippen LogP contribution in [0.2, 0.25) is 0 Å². The molecule has 1 amide bonds. The number of aromatic nitrogens is 3. The minimum Gasteiger partial charge on any atom is -0.354 e. The summed E-state index contributed by atoms with van der Waals surface area (Å²) < 4.78 is 0. The first-order valence-corrected chi connectivity index (χ1v) is 9.43. The van der Waals surface area contributed by atoms with Gasteiger partial charge in [-0.25, -0.2) is 15.0 Å². The second kappa shape index (κ2) is 8.35. The molecule has 3 heterocycles. The molecule has 1 fully saturated rings. The molecule has 2 aromatic heterocycles. The first kappa shape index (κ1) is 17.8. The van der Waals surface area contributed by atoms with Gasteiger partial charge >= 0.3 is 0 Å². The molecule has 1 N–H and O–H groups in total. The molecule has 0 radical (unpaired) electrons. The molecule has 1 saturated heterocycles. The van der Waals surface area contributed by atoms with Crippen LogP contribution >= 0.6 is 11.3 Å². The van der Waals surface area contributed by atoms with Crippen LogP contribution in [-0.4, -0.2) is 65.0 Å². The number of nitrogens with one attached hydrogen (secondary N) is 1. The van der Waals surface area contributed by atoms with Gasteiger partial charge < -0.3 is 10.2 Å². The number of aryl methyl sites for hydroxylation is 1. The normalized spacial score (nSPS) is 16.6. The molecule has 0 bridgehead atoms. The molecule has 0 unspecified atom stereocenters. The minimum absolute atomic E-state index is 0.0736. The van der Waals surface area contributed by atoms with Crippen LogP contribution in [0.1, 0.15) is 23.5 Å². The van der Waals surface area contributed by atoms with E-state index in [9.17, 15) is 4.79 Å². The molecule has 2 aromatic rings. The lowest BCUT2D eigenvalue weighted by Crippen LogP contribution is -2.50. The van der Waals surface area contributed by atoms with Gasteiger partial charge in [-0.05, 0) is 13.0 Å². The van der Waals surface area contributed by atoms with Gasteiger partial charge in [0, 0.05) is 62.1 Å². The number of rotatable bonds is 6. The molecule has 134 valence electrons. The SMILES string of the molecule is Cc1csc([C@@H](C)CNC(=O)CN2CCN(c3ncccn3)CC2)n1. The van der Waals surface area contributed by atoms with E-state index in [4.69, 9.17) is 0 Å². The van der Waals surface area contributed by atoms with Crippen molar-refractivity contribution >= 4 is 23.2 Å². The fourth-order valence-corrected chi connectivity index (χ4v) is 3.63. The highest BCUT2D eigenvalue weighted by molar-refractivity contribution is 7.09. The average Bonchev–Trinajstić information content (AvgIpc) is 3.08. The van der Waals surface area contributed by atoms with Crippen molar-refractivity contribution < 1.29 is 4.79 Å². The van der Waals surface area contributed by atoms with Crippen LogP contribution in [0.5, 0.6) is 0 Å². The Hall–Kier alpha value is -2.06. The highest BCUT2D eigenvalue weighted by atomic mass is 32.1. The van der Waals surface area contributed by atoms with E-state index in [1.165, 1.54) is 0 Å². The van der Waals surface area contributed by atoms with Gasteiger partial charge in [-0.15, -0.1) is 11.3 Å². The molecule has 8 heteroatoms. The fourth-order valence-electron chi connectivity index (χ4n) is 2.77. The molecular formula is C17H24N6OS. The number of carbonyl (C=O) groups excluding carboxylic acids is 1. The Bertz CT molecular complexity index is 683. The predicted octanol–water partition coefficient (Wildman–Crippen LogP) is 1.28. The monoisotopic (exact) mass is 360 g/mol. The van der Waals surface area contributed by atoms with E-state index in [0.29, 0.717) is 13.1 Å². The third kappa shape index (κ3) is 4.96. The molecule has 0 aromatic carbocycles. The average molecular weight is 360 g/mol. The standard InChI is InChI=1S/C17H24N6OS/c1-13(16-21-14(2)12-25-16)10-20-15(24)11-22-6-8-23(9-7-22)17-18-4-3-5-19-17/h3-5,12-13H,6-11H2,1-2H3,(H,20,24)/t13-/m0/s1. The van der Waals surface area contributed by atoms with Gasteiger partial charge in [0.2, 0.25) is 11.9 Å². The molecule has 1 aliphatic rings. The Kier molecular flexibility index (Phi) is 5.93. The lowest BCUT2D eigenvalue weighted by atomic mass is 10.2. The molecule has 0 aliphatic carbocycles. The van der Waals surface area contributed by atoms with Gasteiger partial charge in [0.15, 0.2) is 0 Å². The number of hydrogen-bond donors (Lipinski definition) is 1. The zero-order valence-electron chi connectivity index (χ0n) is 14.7. The molecule has 0 spiro atoms. The largest absolute Gasteiger partial charge is 0.354 e. The molecule has 25 heavy (non-hydrogen) atoms. The van der Waals surface area contributed by atoms with E-state index in [1.807, 2.05) is 18.4 Å². The molecular weight excluding hydrogens is 336 g/mol. The first-order chi connectivity index (χ1) is 12.1. The van der Waals surface area contributed by atoms with Crippen molar-refractivity contribution in [3.8, 4) is 0 Å². The zero-order valence-corrected chi connectivity index (χ0v) is 15.5. The van der Waals surface area contributed by atoms with Gasteiger partial charge in [0.25, 0.3) is 0 Å². The molecule has 1 atom stereocenters. The number of nitrogens with zero attached hydrogens (tertiary/aromatic N) is 5. The second-order valence-electron chi connectivity index (χ2n) is 6.34. The molecule has 3 rings (SSSR count). The maximum atomic E-state index is 12.2. The topological polar surface area (TPSA) is 74.2 Å². The number of thiazole rings is 1. The van der Waals surface area contributed by atoms with Gasteiger partial charge in [-0.3, -0.25) is 9.69 Å². The third-order valence-corrected chi connectivity index (χ3v) is 5.43. The van der Waals surface area contributed by atoms with Crippen LogP contribution in [0.3, 0.4) is 0 Å². The van der Waals surface area contributed by atoms with Crippen molar-refractivity contribution in [2.24, 2.45) is 0 Å². The summed E-state index contributed by atoms with van der Waals surface area (Å²) in [6.45, 7) is 8.51. The summed E-state index contributed by atoms with van der Waals surface area (Å²) in [4.78, 5) is 29.6. The minimum atomic E-state index is 0.0736. The number of anilines is 1. The Balaban J connectivity index is 1.39. The van der Waals surface area contributed by atoms with Gasteiger partial charge in [0.05, 0.1) is 11.6 Å². The summed E-state index contributed by atoms with van der Waals surface area (Å²) in [5.41, 5.74) is 1.04. The summed E-state index contributed by atoms with van der Waals surface area (Å²) >= 11 is 1.65. The smallest absolute Gasteiger partial charge is 0.234 e. The van der Waals surface area contributed by atoms with Crippen molar-refractivity contribution in [1.29, 1.82) is 0 Å². The summed E-state index contributed by atoms with van der Waals surface area (Å²) in [6.07, 6.45) is 3.51. The van der Waals surface area contributed by atoms with Gasteiger partial charge in [-0.2, -0.15) is 0 Å². The van der Waals surface area contributed by atoms with Crippen molar-refractivity contribution in [3.63, 3.8) is 0 Å². The summed E-state index contributed by atoms with van der Waals surface area (Å²) in [7, 11) is 0. The number of amides is 1. The van der Waals surface area contributed by atoms with E-state index < -0.39 is 0 Å². The van der Waals surface area contributed by atoms with E-state index in [2.05, 4.69) is 37.0 Å². The van der Waals surface area contributed by atoms with Crippen molar-refractivity contribution in [1.82, 2.24) is 25.2 Å². The summed E-state index contributed by atoms with van der Waals surface area (Å²) in [6, 6.07) is 1.82. The highest BCUT2D eigenvalue weighted by Crippen LogP contribution is 2.18. The maximum Gasteiger partial charge on any atom is 0.234 e. The maximum absolute atomic E-state index is 12.2. The number of piperazine rings is 1. The van der Waals surface area contributed by atoms with E-state index in [-0.39, 0.29) is 11.8 Å². The van der Waals surface area contributed by atoms with E-state index >= 15 is 0 Å². The second-order valence-corrected chi connectivity index (χ2v) is 7.23. The fraction of sp³-hybridized carbons (Fsp3) is 0.529.